The van der Waals surface area contributed by atoms with Gasteiger partial charge in [-0.2, -0.15) is 9.29 Å². The van der Waals surface area contributed by atoms with Gasteiger partial charge in [0.05, 0.1) is 6.54 Å². The molecule has 2 aliphatic rings. The number of aromatic nitrogens is 3. The lowest BCUT2D eigenvalue weighted by Gasteiger charge is -2.19. The third-order valence-corrected chi connectivity index (χ3v) is 6.90. The van der Waals surface area contributed by atoms with Crippen LogP contribution in [0.4, 0.5) is 0 Å². The van der Waals surface area contributed by atoms with Gasteiger partial charge in [-0.25, -0.2) is 8.42 Å². The monoisotopic (exact) mass is 390 g/mol. The summed E-state index contributed by atoms with van der Waals surface area (Å²) in [6, 6.07) is 7.11. The molecule has 27 heavy (non-hydrogen) atoms. The molecule has 10 heteroatoms. The van der Waals surface area contributed by atoms with Crippen LogP contribution in [0.2, 0.25) is 0 Å². The summed E-state index contributed by atoms with van der Waals surface area (Å²) in [6.07, 6.45) is 2.24. The van der Waals surface area contributed by atoms with Gasteiger partial charge in [0.2, 0.25) is 10.0 Å². The minimum Gasteiger partial charge on any atom is -0.379 e. The van der Waals surface area contributed by atoms with E-state index in [1.807, 2.05) is 0 Å². The normalized spacial score (nSPS) is 24.0. The summed E-state index contributed by atoms with van der Waals surface area (Å²) in [6.45, 7) is 0.0627. The molecule has 0 unspecified atom stereocenters. The van der Waals surface area contributed by atoms with Crippen LogP contribution in [0.25, 0.3) is 11.0 Å². The summed E-state index contributed by atoms with van der Waals surface area (Å²) >= 11 is 0. The number of para-hydroxylation sites is 1. The van der Waals surface area contributed by atoms with E-state index < -0.39 is 15.6 Å². The molecule has 1 saturated carbocycles. The Kier molecular flexibility index (Phi) is 3.65. The van der Waals surface area contributed by atoms with Crippen molar-refractivity contribution in [2.24, 2.45) is 0 Å². The highest BCUT2D eigenvalue weighted by molar-refractivity contribution is 7.88. The van der Waals surface area contributed by atoms with Crippen LogP contribution >= 0.6 is 0 Å². The highest BCUT2D eigenvalue weighted by atomic mass is 32.2. The molecule has 3 aromatic rings. The van der Waals surface area contributed by atoms with Crippen molar-refractivity contribution < 1.29 is 22.6 Å². The van der Waals surface area contributed by atoms with Crippen molar-refractivity contribution in [3.8, 4) is 0 Å². The zero-order valence-electron chi connectivity index (χ0n) is 14.4. The van der Waals surface area contributed by atoms with Crippen LogP contribution in [0, 0.1) is 0 Å². The van der Waals surface area contributed by atoms with E-state index >= 15 is 0 Å². The fourth-order valence-corrected chi connectivity index (χ4v) is 4.93. The molecule has 1 saturated heterocycles. The highest BCUT2D eigenvalue weighted by Gasteiger charge is 2.47. The Bertz CT molecular complexity index is 1100. The molecule has 1 aliphatic carbocycles. The SMILES string of the molecule is O=S(=O)(Cc1noc2ccccc12)N1CC[C@@](O)(c2nc(C3CC3)no2)C1. The third-order valence-electron chi connectivity index (χ3n) is 5.16. The molecule has 0 radical (unpaired) electrons. The van der Waals surface area contributed by atoms with E-state index in [0.29, 0.717) is 28.4 Å². The maximum absolute atomic E-state index is 12.9. The van der Waals surface area contributed by atoms with Crippen molar-refractivity contribution in [2.45, 2.75) is 36.5 Å². The highest BCUT2D eigenvalue weighted by Crippen LogP contribution is 2.40. The van der Waals surface area contributed by atoms with Crippen molar-refractivity contribution in [3.05, 3.63) is 41.7 Å². The molecule has 2 aromatic heterocycles. The van der Waals surface area contributed by atoms with Crippen LogP contribution in [0.1, 0.15) is 42.6 Å². The molecule has 0 bridgehead atoms. The molecule has 1 N–H and O–H groups in total. The maximum atomic E-state index is 12.9. The smallest absolute Gasteiger partial charge is 0.260 e. The van der Waals surface area contributed by atoms with Crippen LogP contribution in [-0.4, -0.2) is 46.2 Å². The molecule has 9 nitrogen and oxygen atoms in total. The van der Waals surface area contributed by atoms with Crippen molar-refractivity contribution in [3.63, 3.8) is 0 Å². The molecule has 1 aromatic carbocycles. The summed E-state index contributed by atoms with van der Waals surface area (Å²) in [5.74, 6) is 0.688. The zero-order chi connectivity index (χ0) is 18.6. The lowest BCUT2D eigenvalue weighted by molar-refractivity contribution is 0.0194. The second-order valence-corrected chi connectivity index (χ2v) is 9.20. The number of aliphatic hydroxyl groups is 1. The molecule has 3 heterocycles. The molecule has 142 valence electrons. The van der Waals surface area contributed by atoms with Gasteiger partial charge in [0, 0.05) is 24.3 Å². The van der Waals surface area contributed by atoms with Gasteiger partial charge in [0.25, 0.3) is 5.89 Å². The maximum Gasteiger partial charge on any atom is 0.260 e. The van der Waals surface area contributed by atoms with E-state index in [1.165, 1.54) is 4.31 Å². The summed E-state index contributed by atoms with van der Waals surface area (Å²) in [5.41, 5.74) is -0.562. The molecule has 0 spiro atoms. The number of fused-ring (bicyclic) bond motifs is 1. The number of hydrogen-bond acceptors (Lipinski definition) is 8. The molecular formula is C17H18N4O5S. The Balaban J connectivity index is 1.36. The van der Waals surface area contributed by atoms with Crippen molar-refractivity contribution >= 4 is 21.0 Å². The Morgan fingerprint density at radius 1 is 1.22 bits per heavy atom. The van der Waals surface area contributed by atoms with Gasteiger partial charge in [0.15, 0.2) is 17.0 Å². The standard InChI is InChI=1S/C17H18N4O5S/c22-17(16-18-15(20-26-16)11-5-6-11)7-8-21(10-17)27(23,24)9-13-12-3-1-2-4-14(12)25-19-13/h1-4,11,22H,5-10H2/t17-/m0/s1. The molecule has 0 amide bonds. The van der Waals surface area contributed by atoms with Crippen molar-refractivity contribution in [2.75, 3.05) is 13.1 Å². The largest absolute Gasteiger partial charge is 0.379 e. The van der Waals surface area contributed by atoms with Crippen LogP contribution in [0.15, 0.2) is 33.3 Å². The lowest BCUT2D eigenvalue weighted by atomic mass is 10.0. The molecule has 1 atom stereocenters. The third kappa shape index (κ3) is 2.93. The molecule has 2 fully saturated rings. The first kappa shape index (κ1) is 16.8. The van der Waals surface area contributed by atoms with Crippen LogP contribution in [0.3, 0.4) is 0 Å². The fourth-order valence-electron chi connectivity index (χ4n) is 3.41. The Labute approximate surface area is 155 Å². The lowest BCUT2D eigenvalue weighted by Crippen LogP contribution is -2.35. The first-order valence-electron chi connectivity index (χ1n) is 8.82. The summed E-state index contributed by atoms with van der Waals surface area (Å²) in [7, 11) is -3.69. The summed E-state index contributed by atoms with van der Waals surface area (Å²) in [4.78, 5) is 4.28. The zero-order valence-corrected chi connectivity index (χ0v) is 15.2. The molecule has 5 rings (SSSR count). The topological polar surface area (TPSA) is 123 Å². The first-order valence-corrected chi connectivity index (χ1v) is 10.4. The number of hydrogen-bond donors (Lipinski definition) is 1. The number of rotatable bonds is 5. The fraction of sp³-hybridized carbons (Fsp3) is 0.471. The van der Waals surface area contributed by atoms with E-state index in [-0.39, 0.29) is 31.2 Å². The minimum absolute atomic E-state index is 0.0917. The van der Waals surface area contributed by atoms with E-state index in [9.17, 15) is 13.5 Å². The van der Waals surface area contributed by atoms with Gasteiger partial charge in [-0.15, -0.1) is 0 Å². The summed E-state index contributed by atoms with van der Waals surface area (Å²) < 4.78 is 37.4. The average molecular weight is 390 g/mol. The molecule has 1 aliphatic heterocycles. The number of sulfonamides is 1. The van der Waals surface area contributed by atoms with Crippen molar-refractivity contribution in [1.29, 1.82) is 0 Å². The number of nitrogens with zero attached hydrogens (tertiary/aromatic N) is 4. The minimum atomic E-state index is -3.69. The quantitative estimate of drug-likeness (QED) is 0.695. The summed E-state index contributed by atoms with van der Waals surface area (Å²) in [5, 5.41) is 19.3. The Hall–Kier alpha value is -2.30. The van der Waals surface area contributed by atoms with Gasteiger partial charge >= 0.3 is 0 Å². The predicted octanol–water partition coefficient (Wildman–Crippen LogP) is 1.51. The molecular weight excluding hydrogens is 372 g/mol. The Morgan fingerprint density at radius 2 is 2.04 bits per heavy atom. The van der Waals surface area contributed by atoms with Crippen molar-refractivity contribution in [1.82, 2.24) is 19.6 Å². The average Bonchev–Trinajstić information content (AvgIpc) is 3.07. The van der Waals surface area contributed by atoms with E-state index in [4.69, 9.17) is 9.05 Å². The van der Waals surface area contributed by atoms with Crippen LogP contribution < -0.4 is 0 Å². The first-order chi connectivity index (χ1) is 12.9. The Morgan fingerprint density at radius 3 is 2.85 bits per heavy atom. The van der Waals surface area contributed by atoms with E-state index in [2.05, 4.69) is 15.3 Å². The second-order valence-electron chi connectivity index (χ2n) is 7.23. The van der Waals surface area contributed by atoms with Gasteiger partial charge in [-0.1, -0.05) is 22.4 Å². The van der Waals surface area contributed by atoms with E-state index in [1.54, 1.807) is 24.3 Å². The van der Waals surface area contributed by atoms with E-state index in [0.717, 1.165) is 12.8 Å². The van der Waals surface area contributed by atoms with Crippen LogP contribution in [0.5, 0.6) is 0 Å². The number of β-amino-alcohol motifs (C(OH)–C–C–N with tert-alkyl or cyclic N) is 1. The van der Waals surface area contributed by atoms with Gasteiger partial charge in [0.1, 0.15) is 11.4 Å². The van der Waals surface area contributed by atoms with Gasteiger partial charge < -0.3 is 14.2 Å². The van der Waals surface area contributed by atoms with Crippen LogP contribution in [-0.2, 0) is 21.4 Å². The number of benzene rings is 1. The second kappa shape index (κ2) is 5.85. The van der Waals surface area contributed by atoms with Gasteiger partial charge in [-0.3, -0.25) is 0 Å². The van der Waals surface area contributed by atoms with Gasteiger partial charge in [-0.05, 0) is 25.0 Å². The predicted molar refractivity (Wildman–Crippen MR) is 93.0 cm³/mol.